The smallest absolute Gasteiger partial charge is 0.330 e. The number of piperazine rings is 1. The third kappa shape index (κ3) is 5.06. The molecule has 40 heavy (non-hydrogen) atoms. The van der Waals surface area contributed by atoms with Crippen LogP contribution < -0.4 is 20.0 Å². The third-order valence-electron chi connectivity index (χ3n) is 7.90. The van der Waals surface area contributed by atoms with Gasteiger partial charge in [0.15, 0.2) is 0 Å². The van der Waals surface area contributed by atoms with E-state index in [1.807, 2.05) is 44.2 Å². The summed E-state index contributed by atoms with van der Waals surface area (Å²) in [6.07, 6.45) is 2.47. The number of anilines is 5. The molecule has 10 heteroatoms. The van der Waals surface area contributed by atoms with Gasteiger partial charge in [-0.15, -0.1) is 0 Å². The van der Waals surface area contributed by atoms with Gasteiger partial charge in [0.1, 0.15) is 5.82 Å². The Balaban J connectivity index is 1.35. The molecular weight excluding hydrogens is 506 g/mol. The first-order chi connectivity index (χ1) is 19.4. The van der Waals surface area contributed by atoms with E-state index in [0.29, 0.717) is 31.3 Å². The SMILES string of the molecule is Cc1cccc(C)c1N1Cc2cnc3nc2N(CCCOC(=O)Cc2cc(ccc2N2CCN(C)CC2)N3)C1=O. The summed E-state index contributed by atoms with van der Waals surface area (Å²) in [5.74, 6) is 0.722. The summed E-state index contributed by atoms with van der Waals surface area (Å²) < 4.78 is 5.65. The monoisotopic (exact) mass is 541 g/mol. The molecule has 6 rings (SSSR count). The van der Waals surface area contributed by atoms with Crippen molar-refractivity contribution in [1.82, 2.24) is 14.9 Å². The number of carbonyl (C=O) groups excluding carboxylic acids is 2. The number of urea groups is 1. The molecule has 0 atom stereocenters. The molecule has 2 aromatic carbocycles. The summed E-state index contributed by atoms with van der Waals surface area (Å²) >= 11 is 0. The van der Waals surface area contributed by atoms with Crippen LogP contribution in [0.5, 0.6) is 0 Å². The summed E-state index contributed by atoms with van der Waals surface area (Å²) in [5.41, 5.74) is 6.57. The van der Waals surface area contributed by atoms with Crippen molar-refractivity contribution in [3.63, 3.8) is 0 Å². The van der Waals surface area contributed by atoms with Crippen molar-refractivity contribution >= 4 is 40.8 Å². The van der Waals surface area contributed by atoms with E-state index in [4.69, 9.17) is 9.72 Å². The number of likely N-dealkylation sites (N-methyl/N-ethyl adjacent to an activating group) is 1. The zero-order chi connectivity index (χ0) is 27.8. The number of cyclic esters (lactones) is 1. The summed E-state index contributed by atoms with van der Waals surface area (Å²) in [6, 6.07) is 11.9. The van der Waals surface area contributed by atoms with Gasteiger partial charge in [0.2, 0.25) is 5.95 Å². The Morgan fingerprint density at radius 2 is 1.70 bits per heavy atom. The van der Waals surface area contributed by atoms with E-state index in [0.717, 1.165) is 65.5 Å². The first-order valence-corrected chi connectivity index (χ1v) is 13.9. The lowest BCUT2D eigenvalue weighted by Crippen LogP contribution is -2.49. The number of nitrogens with one attached hydrogen (secondary N) is 1. The Labute approximate surface area is 234 Å². The van der Waals surface area contributed by atoms with Gasteiger partial charge in [0.25, 0.3) is 0 Å². The van der Waals surface area contributed by atoms with Crippen molar-refractivity contribution in [3.05, 3.63) is 64.8 Å². The van der Waals surface area contributed by atoms with Crippen molar-refractivity contribution < 1.29 is 14.3 Å². The summed E-state index contributed by atoms with van der Waals surface area (Å²) in [4.78, 5) is 44.3. The second-order valence-corrected chi connectivity index (χ2v) is 10.8. The number of benzene rings is 2. The Kier molecular flexibility index (Phi) is 7.02. The number of rotatable bonds is 2. The first kappa shape index (κ1) is 26.1. The number of nitrogens with zero attached hydrogens (tertiary/aromatic N) is 6. The number of esters is 1. The van der Waals surface area contributed by atoms with Crippen molar-refractivity contribution in [2.24, 2.45) is 0 Å². The van der Waals surface area contributed by atoms with Crippen LogP contribution >= 0.6 is 0 Å². The first-order valence-electron chi connectivity index (χ1n) is 13.9. The van der Waals surface area contributed by atoms with Crippen LogP contribution in [0.15, 0.2) is 42.6 Å². The zero-order valence-electron chi connectivity index (χ0n) is 23.3. The van der Waals surface area contributed by atoms with Crippen molar-refractivity contribution in [1.29, 1.82) is 0 Å². The summed E-state index contributed by atoms with van der Waals surface area (Å²) in [7, 11) is 2.13. The number of aromatic nitrogens is 2. The van der Waals surface area contributed by atoms with Crippen LogP contribution in [0, 0.1) is 13.8 Å². The van der Waals surface area contributed by atoms with Crippen LogP contribution in [-0.2, 0) is 22.5 Å². The lowest BCUT2D eigenvalue weighted by Gasteiger charge is -2.37. The maximum absolute atomic E-state index is 13.9. The minimum Gasteiger partial charge on any atom is -0.465 e. The minimum absolute atomic E-state index is 0.146. The highest BCUT2D eigenvalue weighted by Crippen LogP contribution is 2.35. The summed E-state index contributed by atoms with van der Waals surface area (Å²) in [5, 5.41) is 3.31. The van der Waals surface area contributed by atoms with Crippen LogP contribution in [0.2, 0.25) is 0 Å². The van der Waals surface area contributed by atoms with E-state index in [1.54, 1.807) is 16.0 Å². The maximum atomic E-state index is 13.9. The lowest BCUT2D eigenvalue weighted by molar-refractivity contribution is -0.142. The largest absolute Gasteiger partial charge is 0.465 e. The van der Waals surface area contributed by atoms with Gasteiger partial charge >= 0.3 is 12.0 Å². The fourth-order valence-corrected chi connectivity index (χ4v) is 5.79. The van der Waals surface area contributed by atoms with E-state index in [-0.39, 0.29) is 25.0 Å². The number of fused-ring (bicyclic) bond motifs is 3. The molecule has 4 bridgehead atoms. The molecule has 4 heterocycles. The second-order valence-electron chi connectivity index (χ2n) is 10.8. The molecule has 1 aromatic heterocycles. The number of para-hydroxylation sites is 1. The van der Waals surface area contributed by atoms with E-state index < -0.39 is 0 Å². The molecule has 10 nitrogen and oxygen atoms in total. The van der Waals surface area contributed by atoms with E-state index in [9.17, 15) is 9.59 Å². The highest BCUT2D eigenvalue weighted by atomic mass is 16.5. The van der Waals surface area contributed by atoms with Crippen molar-refractivity contribution in [2.45, 2.75) is 33.2 Å². The molecule has 0 saturated carbocycles. The predicted octanol–water partition coefficient (Wildman–Crippen LogP) is 4.02. The highest BCUT2D eigenvalue weighted by Gasteiger charge is 2.34. The number of aryl methyl sites for hydroxylation is 2. The van der Waals surface area contributed by atoms with Gasteiger partial charge in [-0.05, 0) is 62.2 Å². The molecule has 3 aliphatic rings. The van der Waals surface area contributed by atoms with Gasteiger partial charge in [-0.1, -0.05) is 18.2 Å². The van der Waals surface area contributed by atoms with Gasteiger partial charge in [0.05, 0.1) is 25.3 Å². The number of hydrogen-bond donors (Lipinski definition) is 1. The molecule has 0 radical (unpaired) electrons. The molecule has 2 amide bonds. The van der Waals surface area contributed by atoms with Gasteiger partial charge in [-0.2, -0.15) is 4.98 Å². The molecule has 208 valence electrons. The fourth-order valence-electron chi connectivity index (χ4n) is 5.79. The van der Waals surface area contributed by atoms with Crippen LogP contribution in [-0.4, -0.2) is 73.2 Å². The van der Waals surface area contributed by atoms with E-state index in [1.165, 1.54) is 0 Å². The maximum Gasteiger partial charge on any atom is 0.330 e. The molecular formula is C30H35N7O3. The molecule has 1 saturated heterocycles. The average molecular weight is 542 g/mol. The van der Waals surface area contributed by atoms with Crippen LogP contribution in [0.1, 0.15) is 28.7 Å². The zero-order valence-corrected chi connectivity index (χ0v) is 23.3. The fraction of sp³-hybridized carbons (Fsp3) is 0.400. The number of amides is 2. The van der Waals surface area contributed by atoms with Gasteiger partial charge in [0, 0.05) is 55.9 Å². The molecule has 1 fully saturated rings. The lowest BCUT2D eigenvalue weighted by atomic mass is 10.1. The van der Waals surface area contributed by atoms with Crippen LogP contribution in [0.25, 0.3) is 0 Å². The Morgan fingerprint density at radius 1 is 0.925 bits per heavy atom. The molecule has 3 aliphatic heterocycles. The number of ether oxygens (including phenoxy) is 1. The second kappa shape index (κ2) is 10.8. The van der Waals surface area contributed by atoms with Crippen molar-refractivity contribution in [3.8, 4) is 0 Å². The molecule has 0 aliphatic carbocycles. The van der Waals surface area contributed by atoms with Crippen LogP contribution in [0.3, 0.4) is 0 Å². The standard InChI is InChI=1S/C30H35N7O3/c1-20-6-4-7-21(2)27(20)37-19-23-18-31-29-32-24-8-9-25(35-13-11-34(3)12-14-35)22(16-24)17-26(38)40-15-5-10-36(30(37)39)28(23)33-29/h4,6-9,16,18H,5,10-15,17,19H2,1-3H3,(H,31,32,33). The topological polar surface area (TPSA) is 94.1 Å². The molecule has 3 aromatic rings. The van der Waals surface area contributed by atoms with Crippen molar-refractivity contribution in [2.75, 3.05) is 66.4 Å². The summed E-state index contributed by atoms with van der Waals surface area (Å²) in [6.45, 7) is 8.77. The predicted molar refractivity (Wildman–Crippen MR) is 156 cm³/mol. The third-order valence-corrected chi connectivity index (χ3v) is 7.90. The molecule has 0 unspecified atom stereocenters. The molecule has 1 N–H and O–H groups in total. The normalized spacial score (nSPS) is 18.2. The average Bonchev–Trinajstić information content (AvgIpc) is 2.93. The Morgan fingerprint density at radius 3 is 2.48 bits per heavy atom. The van der Waals surface area contributed by atoms with Gasteiger partial charge < -0.3 is 19.9 Å². The number of carbonyl (C=O) groups is 2. The quantitative estimate of drug-likeness (QED) is 0.486. The highest BCUT2D eigenvalue weighted by molar-refractivity contribution is 6.06. The van der Waals surface area contributed by atoms with E-state index in [2.05, 4.69) is 33.2 Å². The number of hydrogen-bond acceptors (Lipinski definition) is 8. The van der Waals surface area contributed by atoms with Gasteiger partial charge in [-0.25, -0.2) is 9.78 Å². The Hall–Kier alpha value is -4.18. The minimum atomic E-state index is -0.276. The Bertz CT molecular complexity index is 1430. The molecule has 0 spiro atoms. The van der Waals surface area contributed by atoms with Gasteiger partial charge in [-0.3, -0.25) is 14.6 Å². The van der Waals surface area contributed by atoms with Crippen LogP contribution in [0.4, 0.5) is 33.6 Å². The van der Waals surface area contributed by atoms with E-state index >= 15 is 0 Å².